The molecule has 1 saturated heterocycles. The molecule has 0 spiro atoms. The van der Waals surface area contributed by atoms with E-state index >= 15 is 0 Å². The highest BCUT2D eigenvalue weighted by Crippen LogP contribution is 2.27. The fourth-order valence-corrected chi connectivity index (χ4v) is 4.47. The zero-order chi connectivity index (χ0) is 22.4. The first-order valence-electron chi connectivity index (χ1n) is 10.8. The van der Waals surface area contributed by atoms with Gasteiger partial charge < -0.3 is 20.6 Å². The maximum atomic E-state index is 13.0. The van der Waals surface area contributed by atoms with E-state index in [2.05, 4.69) is 20.6 Å². The van der Waals surface area contributed by atoms with Crippen LogP contribution in [0.1, 0.15) is 55.9 Å². The summed E-state index contributed by atoms with van der Waals surface area (Å²) in [5, 5.41) is 14.8. The molecule has 1 aliphatic carbocycles. The minimum Gasteiger partial charge on any atom is -0.480 e. The Bertz CT molecular complexity index is 812. The standard InChI is InChI=1S/C21H29N5O5/c1-13-7-10-26(18(13)21(30)31)16(27)12-24-20(29)17(14-5-3-2-4-6-14)25-19(28)15-11-22-8-9-23-15/h8-9,11,13-14,17-18H,2-7,10,12H2,1H3,(H,24,29)(H,25,28)(H,30,31). The molecule has 0 bridgehead atoms. The Hall–Kier alpha value is -3.04. The number of hydrogen-bond donors (Lipinski definition) is 3. The van der Waals surface area contributed by atoms with Crippen LogP contribution >= 0.6 is 0 Å². The molecule has 2 aliphatic rings. The molecule has 3 unspecified atom stereocenters. The van der Waals surface area contributed by atoms with Gasteiger partial charge in [0.05, 0.1) is 12.7 Å². The molecule has 2 fully saturated rings. The smallest absolute Gasteiger partial charge is 0.326 e. The van der Waals surface area contributed by atoms with Crippen molar-refractivity contribution in [3.63, 3.8) is 0 Å². The first-order chi connectivity index (χ1) is 14.9. The number of carbonyl (C=O) groups excluding carboxylic acids is 3. The number of likely N-dealkylation sites (tertiary alicyclic amines) is 1. The molecule has 168 valence electrons. The zero-order valence-corrected chi connectivity index (χ0v) is 17.6. The highest BCUT2D eigenvalue weighted by atomic mass is 16.4. The lowest BCUT2D eigenvalue weighted by molar-refractivity contribution is -0.149. The minimum absolute atomic E-state index is 0.0388. The van der Waals surface area contributed by atoms with Crippen molar-refractivity contribution < 1.29 is 24.3 Å². The number of hydrogen-bond acceptors (Lipinski definition) is 6. The fraction of sp³-hybridized carbons (Fsp3) is 0.619. The van der Waals surface area contributed by atoms with Gasteiger partial charge in [0.25, 0.3) is 5.91 Å². The van der Waals surface area contributed by atoms with E-state index in [9.17, 15) is 24.3 Å². The van der Waals surface area contributed by atoms with E-state index in [0.717, 1.165) is 32.1 Å². The lowest BCUT2D eigenvalue weighted by Gasteiger charge is -2.30. The van der Waals surface area contributed by atoms with Crippen molar-refractivity contribution in [2.45, 2.75) is 57.5 Å². The predicted molar refractivity (Wildman–Crippen MR) is 110 cm³/mol. The second kappa shape index (κ2) is 10.3. The van der Waals surface area contributed by atoms with Crippen molar-refractivity contribution in [3.05, 3.63) is 24.3 Å². The molecule has 2 heterocycles. The molecule has 3 amide bonds. The Labute approximate surface area is 180 Å². The van der Waals surface area contributed by atoms with E-state index in [4.69, 9.17) is 0 Å². The van der Waals surface area contributed by atoms with Crippen LogP contribution in [0.25, 0.3) is 0 Å². The van der Waals surface area contributed by atoms with Crippen LogP contribution in [0.2, 0.25) is 0 Å². The first kappa shape index (κ1) is 22.6. The van der Waals surface area contributed by atoms with Crippen molar-refractivity contribution in [3.8, 4) is 0 Å². The highest BCUT2D eigenvalue weighted by Gasteiger charge is 2.39. The molecule has 1 saturated carbocycles. The van der Waals surface area contributed by atoms with E-state index in [1.807, 2.05) is 0 Å². The Morgan fingerprint density at radius 3 is 2.55 bits per heavy atom. The van der Waals surface area contributed by atoms with Crippen LogP contribution < -0.4 is 10.6 Å². The molecule has 1 aromatic rings. The minimum atomic E-state index is -1.04. The second-order valence-electron chi connectivity index (χ2n) is 8.29. The maximum Gasteiger partial charge on any atom is 0.326 e. The van der Waals surface area contributed by atoms with Gasteiger partial charge in [-0.25, -0.2) is 9.78 Å². The SMILES string of the molecule is CC1CCN(C(=O)CNC(=O)C(NC(=O)c2cnccn2)C2CCCCC2)C1C(=O)O. The highest BCUT2D eigenvalue weighted by molar-refractivity contribution is 5.97. The van der Waals surface area contributed by atoms with E-state index in [0.29, 0.717) is 13.0 Å². The van der Waals surface area contributed by atoms with Crippen molar-refractivity contribution in [1.29, 1.82) is 0 Å². The van der Waals surface area contributed by atoms with Crippen LogP contribution in [0.5, 0.6) is 0 Å². The number of aliphatic carboxylic acids is 1. The van der Waals surface area contributed by atoms with Crippen LogP contribution in [0.15, 0.2) is 18.6 Å². The van der Waals surface area contributed by atoms with Gasteiger partial charge in [0.15, 0.2) is 0 Å². The molecule has 3 N–H and O–H groups in total. The van der Waals surface area contributed by atoms with Gasteiger partial charge >= 0.3 is 5.97 Å². The molecule has 31 heavy (non-hydrogen) atoms. The molecule has 0 radical (unpaired) electrons. The molecular formula is C21H29N5O5. The van der Waals surface area contributed by atoms with Gasteiger partial charge in [-0.05, 0) is 31.1 Å². The number of nitrogens with zero attached hydrogens (tertiary/aromatic N) is 3. The average molecular weight is 431 g/mol. The summed E-state index contributed by atoms with van der Waals surface area (Å²) in [5.41, 5.74) is 0.113. The lowest BCUT2D eigenvalue weighted by Crippen LogP contribution is -2.54. The summed E-state index contributed by atoms with van der Waals surface area (Å²) in [7, 11) is 0. The maximum absolute atomic E-state index is 13.0. The molecule has 0 aromatic carbocycles. The predicted octanol–water partition coefficient (Wildman–Crippen LogP) is 0.593. The Kier molecular flexibility index (Phi) is 7.54. The molecule has 3 atom stereocenters. The second-order valence-corrected chi connectivity index (χ2v) is 8.29. The number of carboxylic acids is 1. The van der Waals surface area contributed by atoms with Gasteiger partial charge in [-0.1, -0.05) is 26.2 Å². The van der Waals surface area contributed by atoms with Gasteiger partial charge in [-0.3, -0.25) is 19.4 Å². The van der Waals surface area contributed by atoms with Crippen LogP contribution in [0, 0.1) is 11.8 Å². The third-order valence-corrected chi connectivity index (χ3v) is 6.17. The van der Waals surface area contributed by atoms with Gasteiger partial charge in [-0.15, -0.1) is 0 Å². The Balaban J connectivity index is 1.64. The number of amides is 3. The summed E-state index contributed by atoms with van der Waals surface area (Å²) in [6, 6.07) is -1.68. The number of rotatable bonds is 7. The molecule has 10 nitrogen and oxygen atoms in total. The third kappa shape index (κ3) is 5.56. The van der Waals surface area contributed by atoms with Crippen LogP contribution in [0.3, 0.4) is 0 Å². The van der Waals surface area contributed by atoms with Crippen molar-refractivity contribution in [1.82, 2.24) is 25.5 Å². The lowest BCUT2D eigenvalue weighted by atomic mass is 9.83. The molecule has 1 aliphatic heterocycles. The van der Waals surface area contributed by atoms with E-state index in [1.54, 1.807) is 6.92 Å². The summed E-state index contributed by atoms with van der Waals surface area (Å²) in [4.78, 5) is 58.8. The fourth-order valence-electron chi connectivity index (χ4n) is 4.47. The van der Waals surface area contributed by atoms with Gasteiger partial charge in [-0.2, -0.15) is 0 Å². The van der Waals surface area contributed by atoms with Crippen LogP contribution in [-0.2, 0) is 14.4 Å². The quantitative estimate of drug-likeness (QED) is 0.574. The van der Waals surface area contributed by atoms with E-state index < -0.39 is 35.8 Å². The average Bonchev–Trinajstić information content (AvgIpc) is 3.18. The van der Waals surface area contributed by atoms with Crippen molar-refractivity contribution >= 4 is 23.7 Å². The summed E-state index contributed by atoms with van der Waals surface area (Å²) < 4.78 is 0. The topological polar surface area (TPSA) is 142 Å². The molecular weight excluding hydrogens is 402 g/mol. The number of nitrogens with one attached hydrogen (secondary N) is 2. The number of carbonyl (C=O) groups is 4. The van der Waals surface area contributed by atoms with Crippen LogP contribution in [0.4, 0.5) is 0 Å². The van der Waals surface area contributed by atoms with E-state index in [1.165, 1.54) is 23.5 Å². The van der Waals surface area contributed by atoms with E-state index in [-0.39, 0.29) is 24.1 Å². The largest absolute Gasteiger partial charge is 0.480 e. The zero-order valence-electron chi connectivity index (χ0n) is 17.6. The van der Waals surface area contributed by atoms with Crippen molar-refractivity contribution in [2.75, 3.05) is 13.1 Å². The molecule has 10 heteroatoms. The molecule has 1 aromatic heterocycles. The summed E-state index contributed by atoms with van der Waals surface area (Å²) >= 11 is 0. The van der Waals surface area contributed by atoms with Gasteiger partial charge in [0, 0.05) is 18.9 Å². The summed E-state index contributed by atoms with van der Waals surface area (Å²) in [5.74, 6) is -2.60. The first-order valence-corrected chi connectivity index (χ1v) is 10.8. The number of carboxylic acid groups (broad SMARTS) is 1. The summed E-state index contributed by atoms with van der Waals surface area (Å²) in [6.07, 6.45) is 9.43. The monoisotopic (exact) mass is 431 g/mol. The Morgan fingerprint density at radius 2 is 1.90 bits per heavy atom. The van der Waals surface area contributed by atoms with Crippen molar-refractivity contribution in [2.24, 2.45) is 11.8 Å². The van der Waals surface area contributed by atoms with Gasteiger partial charge in [0.2, 0.25) is 11.8 Å². The Morgan fingerprint density at radius 1 is 1.16 bits per heavy atom. The van der Waals surface area contributed by atoms with Gasteiger partial charge in [0.1, 0.15) is 17.8 Å². The number of aromatic nitrogens is 2. The molecule has 3 rings (SSSR count). The summed E-state index contributed by atoms with van der Waals surface area (Å²) in [6.45, 7) is 1.84. The normalized spacial score (nSPS) is 22.5. The van der Waals surface area contributed by atoms with Crippen LogP contribution in [-0.4, -0.2) is 68.8 Å². The third-order valence-electron chi connectivity index (χ3n) is 6.17.